The second-order valence-corrected chi connectivity index (χ2v) is 5.79. The Bertz CT molecular complexity index is 631. The molecule has 0 bridgehead atoms. The van der Waals surface area contributed by atoms with Crippen LogP contribution < -0.4 is 4.90 Å². The van der Waals surface area contributed by atoms with Gasteiger partial charge in [0, 0.05) is 24.5 Å². The summed E-state index contributed by atoms with van der Waals surface area (Å²) < 4.78 is 0. The molecule has 0 saturated heterocycles. The number of rotatable bonds is 6. The minimum Gasteiger partial charge on any atom is -0.372 e. The molecular weight excluding hydrogens is 290 g/mol. The minimum absolute atomic E-state index is 0.816. The van der Waals surface area contributed by atoms with E-state index in [4.69, 9.17) is 0 Å². The van der Waals surface area contributed by atoms with Crippen molar-refractivity contribution < 1.29 is 0 Å². The summed E-state index contributed by atoms with van der Waals surface area (Å²) in [6.07, 6.45) is 6.13. The highest BCUT2D eigenvalue weighted by Crippen LogP contribution is 2.17. The quantitative estimate of drug-likeness (QED) is 0.579. The summed E-state index contributed by atoms with van der Waals surface area (Å²) in [5.74, 6) is 0. The van der Waals surface area contributed by atoms with Gasteiger partial charge in [-0.1, -0.05) is 30.0 Å². The molecule has 0 aliphatic heterocycles. The van der Waals surface area contributed by atoms with Crippen molar-refractivity contribution in [1.82, 2.24) is 9.97 Å². The molecular formula is C18H23N3S. The van der Waals surface area contributed by atoms with Gasteiger partial charge in [0.25, 0.3) is 0 Å². The largest absolute Gasteiger partial charge is 0.372 e. The highest BCUT2D eigenvalue weighted by molar-refractivity contribution is 7.98. The molecule has 0 amide bonds. The number of benzene rings is 1. The second-order valence-electron chi connectivity index (χ2n) is 5.02. The number of nitrogens with zero attached hydrogens (tertiary/aromatic N) is 3. The van der Waals surface area contributed by atoms with Gasteiger partial charge in [0.2, 0.25) is 0 Å². The van der Waals surface area contributed by atoms with E-state index in [2.05, 4.69) is 59.1 Å². The summed E-state index contributed by atoms with van der Waals surface area (Å²) in [7, 11) is 0. The lowest BCUT2D eigenvalue weighted by atomic mass is 10.1. The van der Waals surface area contributed by atoms with Crippen LogP contribution in [0, 0.1) is 6.92 Å². The van der Waals surface area contributed by atoms with E-state index in [0.29, 0.717) is 0 Å². The van der Waals surface area contributed by atoms with E-state index in [1.54, 1.807) is 11.8 Å². The fourth-order valence-electron chi connectivity index (χ4n) is 2.31. The molecule has 0 atom stereocenters. The third-order valence-electron chi connectivity index (χ3n) is 3.50. The topological polar surface area (TPSA) is 29.0 Å². The van der Waals surface area contributed by atoms with Crippen LogP contribution in [-0.4, -0.2) is 29.3 Å². The Morgan fingerprint density at radius 2 is 1.73 bits per heavy atom. The Labute approximate surface area is 137 Å². The zero-order valence-electron chi connectivity index (χ0n) is 13.7. The van der Waals surface area contributed by atoms with Crippen LogP contribution in [0.2, 0.25) is 0 Å². The molecule has 0 saturated carbocycles. The van der Waals surface area contributed by atoms with E-state index in [1.165, 1.54) is 11.3 Å². The SMILES string of the molecule is CCN(CC)c1ccc(/C=C/c2cc(C)nc(SC)n2)cc1. The first-order chi connectivity index (χ1) is 10.7. The van der Waals surface area contributed by atoms with E-state index >= 15 is 0 Å². The average molecular weight is 313 g/mol. The number of hydrogen-bond acceptors (Lipinski definition) is 4. The molecule has 0 radical (unpaired) electrons. The van der Waals surface area contributed by atoms with Gasteiger partial charge in [-0.15, -0.1) is 0 Å². The summed E-state index contributed by atoms with van der Waals surface area (Å²) in [4.78, 5) is 11.2. The van der Waals surface area contributed by atoms with Crippen LogP contribution in [0.15, 0.2) is 35.5 Å². The predicted octanol–water partition coefficient (Wildman–Crippen LogP) is 4.52. The highest BCUT2D eigenvalue weighted by Gasteiger charge is 2.01. The third-order valence-corrected chi connectivity index (χ3v) is 4.05. The summed E-state index contributed by atoms with van der Waals surface area (Å²) >= 11 is 1.57. The Morgan fingerprint density at radius 3 is 2.32 bits per heavy atom. The van der Waals surface area contributed by atoms with Gasteiger partial charge in [-0.2, -0.15) is 0 Å². The van der Waals surface area contributed by atoms with Crippen LogP contribution >= 0.6 is 11.8 Å². The monoisotopic (exact) mass is 313 g/mol. The molecule has 0 aliphatic carbocycles. The molecule has 4 heteroatoms. The molecule has 2 rings (SSSR count). The Kier molecular flexibility index (Phi) is 6.01. The maximum Gasteiger partial charge on any atom is 0.188 e. The first-order valence-corrected chi connectivity index (χ1v) is 8.81. The lowest BCUT2D eigenvalue weighted by Crippen LogP contribution is -2.21. The van der Waals surface area contributed by atoms with E-state index in [1.807, 2.05) is 25.3 Å². The minimum atomic E-state index is 0.816. The normalized spacial score (nSPS) is 11.1. The molecule has 22 heavy (non-hydrogen) atoms. The molecule has 1 aromatic carbocycles. The fourth-order valence-corrected chi connectivity index (χ4v) is 2.74. The van der Waals surface area contributed by atoms with Crippen LogP contribution in [0.4, 0.5) is 5.69 Å². The van der Waals surface area contributed by atoms with Gasteiger partial charge in [0.05, 0.1) is 5.69 Å². The van der Waals surface area contributed by atoms with Crippen LogP contribution in [0.1, 0.15) is 30.8 Å². The molecule has 1 aromatic heterocycles. The maximum absolute atomic E-state index is 4.50. The van der Waals surface area contributed by atoms with Crippen molar-refractivity contribution >= 4 is 29.6 Å². The summed E-state index contributed by atoms with van der Waals surface area (Å²) in [6, 6.07) is 10.6. The molecule has 0 aliphatic rings. The molecule has 0 spiro atoms. The summed E-state index contributed by atoms with van der Waals surface area (Å²) in [5, 5.41) is 0.816. The number of aryl methyl sites for hydroxylation is 1. The number of aromatic nitrogens is 2. The molecule has 3 nitrogen and oxygen atoms in total. The molecule has 0 N–H and O–H groups in total. The zero-order valence-corrected chi connectivity index (χ0v) is 14.5. The predicted molar refractivity (Wildman–Crippen MR) is 97.5 cm³/mol. The van der Waals surface area contributed by atoms with Gasteiger partial charge in [-0.25, -0.2) is 9.97 Å². The van der Waals surface area contributed by atoms with Crippen LogP contribution in [0.3, 0.4) is 0 Å². The zero-order chi connectivity index (χ0) is 15.9. The van der Waals surface area contributed by atoms with Crippen LogP contribution in [-0.2, 0) is 0 Å². The fraction of sp³-hybridized carbons (Fsp3) is 0.333. The van der Waals surface area contributed by atoms with E-state index in [9.17, 15) is 0 Å². The number of thioether (sulfide) groups is 1. The Morgan fingerprint density at radius 1 is 1.05 bits per heavy atom. The van der Waals surface area contributed by atoms with Crippen molar-refractivity contribution in [2.45, 2.75) is 25.9 Å². The van der Waals surface area contributed by atoms with E-state index < -0.39 is 0 Å². The lowest BCUT2D eigenvalue weighted by molar-refractivity contribution is 0.866. The van der Waals surface area contributed by atoms with Crippen LogP contribution in [0.25, 0.3) is 12.2 Å². The standard InChI is InChI=1S/C18H23N3S/c1-5-21(6-2)17-11-8-15(9-12-17)7-10-16-13-14(3)19-18(20-16)22-4/h7-13H,5-6H2,1-4H3/b10-7+. The third kappa shape index (κ3) is 4.34. The summed E-state index contributed by atoms with van der Waals surface area (Å²) in [5.41, 5.74) is 4.39. The molecule has 0 unspecified atom stereocenters. The average Bonchev–Trinajstić information content (AvgIpc) is 2.54. The first-order valence-electron chi connectivity index (χ1n) is 7.59. The van der Waals surface area contributed by atoms with Gasteiger partial charge in [0.1, 0.15) is 0 Å². The molecule has 0 fully saturated rings. The molecule has 116 valence electrons. The van der Waals surface area contributed by atoms with Crippen LogP contribution in [0.5, 0.6) is 0 Å². The lowest BCUT2D eigenvalue weighted by Gasteiger charge is -2.20. The van der Waals surface area contributed by atoms with Crippen molar-refractivity contribution in [2.24, 2.45) is 0 Å². The van der Waals surface area contributed by atoms with Gasteiger partial charge in [0.15, 0.2) is 5.16 Å². The van der Waals surface area contributed by atoms with Crippen molar-refractivity contribution in [2.75, 3.05) is 24.2 Å². The van der Waals surface area contributed by atoms with Gasteiger partial charge < -0.3 is 4.90 Å². The Balaban J connectivity index is 2.15. The second kappa shape index (κ2) is 7.99. The smallest absolute Gasteiger partial charge is 0.188 e. The van der Waals surface area contributed by atoms with Crippen molar-refractivity contribution in [3.63, 3.8) is 0 Å². The van der Waals surface area contributed by atoms with Gasteiger partial charge in [-0.3, -0.25) is 0 Å². The molecule has 1 heterocycles. The number of anilines is 1. The Hall–Kier alpha value is -1.81. The molecule has 2 aromatic rings. The highest BCUT2D eigenvalue weighted by atomic mass is 32.2. The van der Waals surface area contributed by atoms with Crippen molar-refractivity contribution in [3.05, 3.63) is 47.3 Å². The van der Waals surface area contributed by atoms with Crippen molar-refractivity contribution in [1.29, 1.82) is 0 Å². The van der Waals surface area contributed by atoms with Crippen molar-refractivity contribution in [3.8, 4) is 0 Å². The van der Waals surface area contributed by atoms with E-state index in [0.717, 1.165) is 29.6 Å². The van der Waals surface area contributed by atoms with Gasteiger partial charge in [-0.05, 0) is 56.9 Å². The van der Waals surface area contributed by atoms with E-state index in [-0.39, 0.29) is 0 Å². The summed E-state index contributed by atoms with van der Waals surface area (Å²) in [6.45, 7) is 8.42. The first kappa shape index (κ1) is 16.6. The number of hydrogen-bond donors (Lipinski definition) is 0. The van der Waals surface area contributed by atoms with Gasteiger partial charge >= 0.3 is 0 Å². The maximum atomic E-state index is 4.50.